The fraction of sp³-hybridized carbons (Fsp3) is 0.348. The number of hydrogen-bond donors (Lipinski definition) is 1. The van der Waals surface area contributed by atoms with Crippen LogP contribution in [0, 0.1) is 0 Å². The number of para-hydroxylation sites is 1. The van der Waals surface area contributed by atoms with Crippen LogP contribution in [0.5, 0.6) is 5.75 Å². The van der Waals surface area contributed by atoms with E-state index < -0.39 is 5.97 Å². The number of ether oxygens (including phenoxy) is 3. The Kier molecular flexibility index (Phi) is 6.99. The van der Waals surface area contributed by atoms with E-state index in [2.05, 4.69) is 17.3 Å². The van der Waals surface area contributed by atoms with E-state index in [1.54, 1.807) is 12.1 Å². The summed E-state index contributed by atoms with van der Waals surface area (Å²) >= 11 is 1.20. The molecule has 1 amide bonds. The summed E-state index contributed by atoms with van der Waals surface area (Å²) in [5.74, 6) is -0.299. The Hall–Kier alpha value is -3.01. The van der Waals surface area contributed by atoms with Crippen LogP contribution in [0.2, 0.25) is 0 Å². The Bertz CT molecular complexity index is 1100. The number of carbonyl (C=O) groups excluding carboxylic acids is 2. The highest BCUT2D eigenvalue weighted by atomic mass is 32.1. The number of amides is 1. The number of benzene rings is 1. The number of likely N-dealkylation sites (N-methyl/N-ethyl adjacent to an activating group) is 1. The molecule has 1 aliphatic heterocycles. The average molecular weight is 456 g/mol. The molecule has 1 aromatic carbocycles. The summed E-state index contributed by atoms with van der Waals surface area (Å²) < 4.78 is 15.9. The summed E-state index contributed by atoms with van der Waals surface area (Å²) in [6.45, 7) is 2.00. The lowest BCUT2D eigenvalue weighted by Gasteiger charge is -2.22. The molecule has 0 spiro atoms. The lowest BCUT2D eigenvalue weighted by atomic mass is 10.2. The predicted octanol–water partition coefficient (Wildman–Crippen LogP) is 3.32. The molecule has 1 saturated heterocycles. The van der Waals surface area contributed by atoms with Crippen LogP contribution >= 0.6 is 11.3 Å². The molecule has 4 rings (SSSR count). The van der Waals surface area contributed by atoms with Gasteiger partial charge in [-0.05, 0) is 37.7 Å². The number of thiophene rings is 1. The van der Waals surface area contributed by atoms with Crippen LogP contribution in [-0.2, 0) is 20.8 Å². The monoisotopic (exact) mass is 455 g/mol. The standard InChI is InChI=1S/C23H25N3O5S/c1-26(16-10-11-30-13-16)12-15-8-9-18-20(21(23(28)29-2)32-22(18)24-15)25-19(27)14-31-17-6-4-3-5-7-17/h3-9,16H,10-14H2,1-2H3,(H,25,27). The zero-order valence-corrected chi connectivity index (χ0v) is 18.8. The number of fused-ring (bicyclic) bond motifs is 1. The topological polar surface area (TPSA) is 90.0 Å². The number of rotatable bonds is 8. The highest BCUT2D eigenvalue weighted by molar-refractivity contribution is 7.21. The van der Waals surface area contributed by atoms with Gasteiger partial charge in [0.2, 0.25) is 0 Å². The van der Waals surface area contributed by atoms with E-state index >= 15 is 0 Å². The Balaban J connectivity index is 1.53. The summed E-state index contributed by atoms with van der Waals surface area (Å²) in [6.07, 6.45) is 1.01. The van der Waals surface area contributed by atoms with Gasteiger partial charge in [0, 0.05) is 24.6 Å². The van der Waals surface area contributed by atoms with E-state index in [1.165, 1.54) is 18.4 Å². The minimum Gasteiger partial charge on any atom is -0.484 e. The maximum absolute atomic E-state index is 12.5. The smallest absolute Gasteiger partial charge is 0.350 e. The summed E-state index contributed by atoms with van der Waals surface area (Å²) in [6, 6.07) is 13.2. The molecule has 1 unspecified atom stereocenters. The molecule has 2 aromatic heterocycles. The maximum atomic E-state index is 12.5. The van der Waals surface area contributed by atoms with Gasteiger partial charge in [0.15, 0.2) is 6.61 Å². The third kappa shape index (κ3) is 5.07. The molecule has 1 atom stereocenters. The van der Waals surface area contributed by atoms with Crippen molar-refractivity contribution in [2.75, 3.05) is 39.3 Å². The fourth-order valence-electron chi connectivity index (χ4n) is 3.56. The molecule has 1 aliphatic rings. The summed E-state index contributed by atoms with van der Waals surface area (Å²) in [7, 11) is 3.37. The van der Waals surface area contributed by atoms with E-state index in [1.807, 2.05) is 30.3 Å². The van der Waals surface area contributed by atoms with Crippen molar-refractivity contribution >= 4 is 39.1 Å². The van der Waals surface area contributed by atoms with E-state index in [4.69, 9.17) is 19.2 Å². The van der Waals surface area contributed by atoms with Crippen LogP contribution in [-0.4, -0.2) is 61.8 Å². The lowest BCUT2D eigenvalue weighted by Crippen LogP contribution is -2.31. The number of methoxy groups -OCH3 is 1. The molecule has 3 aromatic rings. The van der Waals surface area contributed by atoms with Crippen molar-refractivity contribution in [3.63, 3.8) is 0 Å². The van der Waals surface area contributed by atoms with Crippen molar-refractivity contribution in [1.29, 1.82) is 0 Å². The lowest BCUT2D eigenvalue weighted by molar-refractivity contribution is -0.118. The van der Waals surface area contributed by atoms with Gasteiger partial charge in [-0.3, -0.25) is 9.69 Å². The van der Waals surface area contributed by atoms with Gasteiger partial charge < -0.3 is 19.5 Å². The molecular weight excluding hydrogens is 430 g/mol. The van der Waals surface area contributed by atoms with Gasteiger partial charge in [0.1, 0.15) is 15.5 Å². The highest BCUT2D eigenvalue weighted by Gasteiger charge is 2.24. The molecule has 168 valence electrons. The van der Waals surface area contributed by atoms with E-state index in [0.29, 0.717) is 39.1 Å². The number of carbonyl (C=O) groups is 2. The fourth-order valence-corrected chi connectivity index (χ4v) is 4.63. The molecule has 0 radical (unpaired) electrons. The van der Waals surface area contributed by atoms with Crippen LogP contribution in [0.1, 0.15) is 21.8 Å². The molecular formula is C23H25N3O5S. The summed E-state index contributed by atoms with van der Waals surface area (Å²) in [5.41, 5.74) is 1.28. The first kappa shape index (κ1) is 22.2. The second-order valence-electron chi connectivity index (χ2n) is 7.54. The van der Waals surface area contributed by atoms with Gasteiger partial charge in [-0.1, -0.05) is 18.2 Å². The molecule has 0 aliphatic carbocycles. The van der Waals surface area contributed by atoms with E-state index in [-0.39, 0.29) is 12.5 Å². The molecule has 1 N–H and O–H groups in total. The Morgan fingerprint density at radius 1 is 1.25 bits per heavy atom. The first-order chi connectivity index (χ1) is 15.5. The molecule has 0 bridgehead atoms. The number of esters is 1. The van der Waals surface area contributed by atoms with Crippen LogP contribution in [0.15, 0.2) is 42.5 Å². The normalized spacial score (nSPS) is 15.8. The molecule has 32 heavy (non-hydrogen) atoms. The summed E-state index contributed by atoms with van der Waals surface area (Å²) in [5, 5.41) is 3.50. The van der Waals surface area contributed by atoms with Crippen LogP contribution in [0.25, 0.3) is 10.2 Å². The minimum atomic E-state index is -0.519. The van der Waals surface area contributed by atoms with Gasteiger partial charge in [-0.2, -0.15) is 0 Å². The van der Waals surface area contributed by atoms with Gasteiger partial charge >= 0.3 is 5.97 Å². The second-order valence-corrected chi connectivity index (χ2v) is 8.53. The second kappa shape index (κ2) is 10.1. The zero-order valence-electron chi connectivity index (χ0n) is 18.0. The Morgan fingerprint density at radius 3 is 2.78 bits per heavy atom. The first-order valence-corrected chi connectivity index (χ1v) is 11.1. The number of pyridine rings is 1. The maximum Gasteiger partial charge on any atom is 0.350 e. The van der Waals surface area contributed by atoms with Crippen molar-refractivity contribution in [1.82, 2.24) is 9.88 Å². The van der Waals surface area contributed by atoms with E-state index in [9.17, 15) is 9.59 Å². The minimum absolute atomic E-state index is 0.179. The molecule has 8 nitrogen and oxygen atoms in total. The quantitative estimate of drug-likeness (QED) is 0.521. The third-order valence-electron chi connectivity index (χ3n) is 5.30. The molecule has 9 heteroatoms. The Labute approximate surface area is 190 Å². The third-order valence-corrected chi connectivity index (χ3v) is 6.38. The van der Waals surface area contributed by atoms with Crippen LogP contribution in [0.3, 0.4) is 0 Å². The predicted molar refractivity (Wildman–Crippen MR) is 122 cm³/mol. The van der Waals surface area contributed by atoms with Crippen molar-refractivity contribution in [3.05, 3.63) is 53.0 Å². The van der Waals surface area contributed by atoms with Gasteiger partial charge in [0.05, 0.1) is 25.1 Å². The van der Waals surface area contributed by atoms with Crippen LogP contribution < -0.4 is 10.1 Å². The molecule has 3 heterocycles. The van der Waals surface area contributed by atoms with Gasteiger partial charge in [-0.15, -0.1) is 11.3 Å². The van der Waals surface area contributed by atoms with Gasteiger partial charge in [0.25, 0.3) is 5.91 Å². The van der Waals surface area contributed by atoms with Gasteiger partial charge in [-0.25, -0.2) is 9.78 Å². The number of nitrogens with one attached hydrogen (secondary N) is 1. The van der Waals surface area contributed by atoms with E-state index in [0.717, 1.165) is 25.3 Å². The highest BCUT2D eigenvalue weighted by Crippen LogP contribution is 2.35. The number of nitrogens with zero attached hydrogens (tertiary/aromatic N) is 2. The van der Waals surface area contributed by atoms with Crippen molar-refractivity contribution < 1.29 is 23.8 Å². The largest absolute Gasteiger partial charge is 0.484 e. The van der Waals surface area contributed by atoms with Crippen molar-refractivity contribution in [2.24, 2.45) is 0 Å². The first-order valence-electron chi connectivity index (χ1n) is 10.3. The zero-order chi connectivity index (χ0) is 22.5. The SMILES string of the molecule is COC(=O)c1sc2nc(CN(C)C3CCOC3)ccc2c1NC(=O)COc1ccccc1. The van der Waals surface area contributed by atoms with Crippen LogP contribution in [0.4, 0.5) is 5.69 Å². The average Bonchev–Trinajstić information content (AvgIpc) is 3.46. The summed E-state index contributed by atoms with van der Waals surface area (Å²) in [4.78, 5) is 32.8. The van der Waals surface area contributed by atoms with Crippen molar-refractivity contribution in [3.8, 4) is 5.75 Å². The van der Waals surface area contributed by atoms with Crippen molar-refractivity contribution in [2.45, 2.75) is 19.0 Å². The number of hydrogen-bond acceptors (Lipinski definition) is 8. The Morgan fingerprint density at radius 2 is 2.06 bits per heavy atom. The molecule has 0 saturated carbocycles. The number of anilines is 1. The molecule has 1 fully saturated rings. The number of aromatic nitrogens is 1.